The van der Waals surface area contributed by atoms with Gasteiger partial charge in [-0.25, -0.2) is 0 Å². The summed E-state index contributed by atoms with van der Waals surface area (Å²) in [4.78, 5) is 4.98. The Balaban J connectivity index is 1.61. The first-order chi connectivity index (χ1) is 9.28. The fourth-order valence-electron chi connectivity index (χ4n) is 2.47. The zero-order valence-corrected chi connectivity index (χ0v) is 12.4. The predicted octanol–water partition coefficient (Wildman–Crippen LogP) is 2.30. The largest absolute Gasteiger partial charge is 0.385 e. The topological polar surface area (TPSA) is 18.5 Å². The molecule has 1 saturated heterocycles. The van der Waals surface area contributed by atoms with Crippen molar-refractivity contribution in [3.63, 3.8) is 0 Å². The molecule has 0 aliphatic carbocycles. The van der Waals surface area contributed by atoms with Crippen LogP contribution in [-0.4, -0.2) is 56.1 Å². The third-order valence-electron chi connectivity index (χ3n) is 3.94. The van der Waals surface area contributed by atoms with Crippen molar-refractivity contribution in [1.29, 1.82) is 0 Å². The average molecular weight is 261 g/mol. The highest BCUT2D eigenvalue weighted by Crippen LogP contribution is 2.10. The van der Waals surface area contributed by atoms with Crippen LogP contribution in [0.3, 0.4) is 0 Å². The van der Waals surface area contributed by atoms with Crippen LogP contribution in [0.25, 0.3) is 0 Å². The Bertz CT molecular complexity index is 353. The van der Waals surface area contributed by atoms with Gasteiger partial charge in [-0.1, -0.05) is 19.1 Å². The van der Waals surface area contributed by atoms with E-state index in [0.717, 1.165) is 13.0 Å². The minimum atomic E-state index is 1.07. The number of rotatable bonds is 6. The van der Waals surface area contributed by atoms with E-state index < -0.39 is 0 Å². The minimum Gasteiger partial charge on any atom is -0.385 e. The highest BCUT2D eigenvalue weighted by molar-refractivity contribution is 5.44. The monoisotopic (exact) mass is 261 g/mol. The molecule has 0 bridgehead atoms. The SMILES string of the molecule is CCc1ccc(NCCCN2CCN(C)CC2)cc1. The molecule has 1 N–H and O–H groups in total. The molecule has 1 fully saturated rings. The van der Waals surface area contributed by atoms with Gasteiger partial charge in [0.2, 0.25) is 0 Å². The number of anilines is 1. The van der Waals surface area contributed by atoms with Crippen LogP contribution >= 0.6 is 0 Å². The van der Waals surface area contributed by atoms with Crippen LogP contribution < -0.4 is 5.32 Å². The van der Waals surface area contributed by atoms with Gasteiger partial charge in [0.25, 0.3) is 0 Å². The average Bonchev–Trinajstić information content (AvgIpc) is 2.46. The summed E-state index contributed by atoms with van der Waals surface area (Å²) in [6.45, 7) is 9.35. The zero-order chi connectivity index (χ0) is 13.5. The number of hydrogen-bond donors (Lipinski definition) is 1. The van der Waals surface area contributed by atoms with Crippen molar-refractivity contribution < 1.29 is 0 Å². The summed E-state index contributed by atoms with van der Waals surface area (Å²) in [5.41, 5.74) is 2.65. The van der Waals surface area contributed by atoms with E-state index in [-0.39, 0.29) is 0 Å². The third-order valence-corrected chi connectivity index (χ3v) is 3.94. The first kappa shape index (κ1) is 14.4. The quantitative estimate of drug-likeness (QED) is 0.793. The number of benzene rings is 1. The normalized spacial score (nSPS) is 17.6. The Kier molecular flexibility index (Phi) is 5.67. The van der Waals surface area contributed by atoms with Crippen molar-refractivity contribution in [1.82, 2.24) is 9.80 Å². The molecule has 1 aliphatic heterocycles. The number of piperazine rings is 1. The molecule has 2 rings (SSSR count). The van der Waals surface area contributed by atoms with Gasteiger partial charge in [-0.3, -0.25) is 0 Å². The molecule has 0 amide bonds. The van der Waals surface area contributed by atoms with E-state index in [9.17, 15) is 0 Å². The molecule has 0 radical (unpaired) electrons. The maximum absolute atomic E-state index is 3.51. The van der Waals surface area contributed by atoms with Gasteiger partial charge in [-0.05, 0) is 44.1 Å². The Morgan fingerprint density at radius 3 is 2.37 bits per heavy atom. The van der Waals surface area contributed by atoms with Crippen molar-refractivity contribution in [2.24, 2.45) is 0 Å². The number of nitrogens with zero attached hydrogens (tertiary/aromatic N) is 2. The molecular weight excluding hydrogens is 234 g/mol. The van der Waals surface area contributed by atoms with E-state index in [1.807, 2.05) is 0 Å². The lowest BCUT2D eigenvalue weighted by atomic mass is 10.1. The molecule has 0 saturated carbocycles. The lowest BCUT2D eigenvalue weighted by Crippen LogP contribution is -2.44. The second-order valence-electron chi connectivity index (χ2n) is 5.48. The molecule has 0 atom stereocenters. The summed E-state index contributed by atoms with van der Waals surface area (Å²) in [7, 11) is 2.21. The standard InChI is InChI=1S/C16H27N3/c1-3-15-5-7-16(8-6-15)17-9-4-10-19-13-11-18(2)12-14-19/h5-8,17H,3-4,9-14H2,1-2H3. The molecule has 1 aliphatic rings. The first-order valence-electron chi connectivity index (χ1n) is 7.51. The summed E-state index contributed by atoms with van der Waals surface area (Å²) in [6, 6.07) is 8.80. The van der Waals surface area contributed by atoms with Gasteiger partial charge in [0, 0.05) is 38.4 Å². The molecule has 1 aromatic rings. The summed E-state index contributed by atoms with van der Waals surface area (Å²) >= 11 is 0. The smallest absolute Gasteiger partial charge is 0.0340 e. The molecule has 106 valence electrons. The minimum absolute atomic E-state index is 1.07. The first-order valence-corrected chi connectivity index (χ1v) is 7.51. The maximum atomic E-state index is 3.51. The van der Waals surface area contributed by atoms with Crippen LogP contribution in [0.1, 0.15) is 18.9 Å². The van der Waals surface area contributed by atoms with Crippen molar-refractivity contribution in [2.45, 2.75) is 19.8 Å². The van der Waals surface area contributed by atoms with Gasteiger partial charge >= 0.3 is 0 Å². The molecular formula is C16H27N3. The van der Waals surface area contributed by atoms with Crippen LogP contribution in [-0.2, 0) is 6.42 Å². The number of hydrogen-bond acceptors (Lipinski definition) is 3. The molecule has 0 unspecified atom stereocenters. The Morgan fingerprint density at radius 2 is 1.74 bits per heavy atom. The Labute approximate surface area is 117 Å². The molecule has 3 nitrogen and oxygen atoms in total. The number of nitrogens with one attached hydrogen (secondary N) is 1. The van der Waals surface area contributed by atoms with Crippen LogP contribution in [0.15, 0.2) is 24.3 Å². The second kappa shape index (κ2) is 7.51. The molecule has 19 heavy (non-hydrogen) atoms. The van der Waals surface area contributed by atoms with Gasteiger partial charge in [-0.2, -0.15) is 0 Å². The summed E-state index contributed by atoms with van der Waals surface area (Å²) in [5.74, 6) is 0. The Hall–Kier alpha value is -1.06. The van der Waals surface area contributed by atoms with E-state index in [2.05, 4.69) is 53.4 Å². The lowest BCUT2D eigenvalue weighted by Gasteiger charge is -2.32. The van der Waals surface area contributed by atoms with E-state index in [4.69, 9.17) is 0 Å². The third kappa shape index (κ3) is 4.84. The second-order valence-corrected chi connectivity index (χ2v) is 5.48. The van der Waals surface area contributed by atoms with Crippen LogP contribution in [0, 0.1) is 0 Å². The molecule has 1 aromatic carbocycles. The zero-order valence-electron chi connectivity index (χ0n) is 12.4. The van der Waals surface area contributed by atoms with Crippen LogP contribution in [0.5, 0.6) is 0 Å². The van der Waals surface area contributed by atoms with Gasteiger partial charge in [0.05, 0.1) is 0 Å². The van der Waals surface area contributed by atoms with Crippen molar-refractivity contribution in [3.8, 4) is 0 Å². The Morgan fingerprint density at radius 1 is 1.05 bits per heavy atom. The van der Waals surface area contributed by atoms with Gasteiger partial charge in [0.15, 0.2) is 0 Å². The molecule has 0 aromatic heterocycles. The number of aryl methyl sites for hydroxylation is 1. The van der Waals surface area contributed by atoms with E-state index in [1.165, 1.54) is 50.4 Å². The highest BCUT2D eigenvalue weighted by Gasteiger charge is 2.12. The van der Waals surface area contributed by atoms with E-state index >= 15 is 0 Å². The van der Waals surface area contributed by atoms with E-state index in [1.54, 1.807) is 0 Å². The lowest BCUT2D eigenvalue weighted by molar-refractivity contribution is 0.154. The summed E-state index contributed by atoms with van der Waals surface area (Å²) < 4.78 is 0. The fraction of sp³-hybridized carbons (Fsp3) is 0.625. The maximum Gasteiger partial charge on any atom is 0.0340 e. The predicted molar refractivity (Wildman–Crippen MR) is 82.9 cm³/mol. The summed E-state index contributed by atoms with van der Waals surface area (Å²) in [5, 5.41) is 3.51. The van der Waals surface area contributed by atoms with Gasteiger partial charge < -0.3 is 15.1 Å². The van der Waals surface area contributed by atoms with E-state index in [0.29, 0.717) is 0 Å². The highest BCUT2D eigenvalue weighted by atomic mass is 15.2. The van der Waals surface area contributed by atoms with Crippen molar-refractivity contribution in [2.75, 3.05) is 51.6 Å². The molecule has 0 spiro atoms. The molecule has 1 heterocycles. The van der Waals surface area contributed by atoms with Crippen molar-refractivity contribution >= 4 is 5.69 Å². The van der Waals surface area contributed by atoms with Gasteiger partial charge in [0.1, 0.15) is 0 Å². The fourth-order valence-corrected chi connectivity index (χ4v) is 2.47. The number of likely N-dealkylation sites (N-methyl/N-ethyl adjacent to an activating group) is 1. The summed E-state index contributed by atoms with van der Waals surface area (Å²) in [6.07, 6.45) is 2.34. The van der Waals surface area contributed by atoms with Crippen LogP contribution in [0.4, 0.5) is 5.69 Å². The molecule has 3 heteroatoms. The van der Waals surface area contributed by atoms with Crippen LogP contribution in [0.2, 0.25) is 0 Å². The van der Waals surface area contributed by atoms with Crippen molar-refractivity contribution in [3.05, 3.63) is 29.8 Å². The van der Waals surface area contributed by atoms with Gasteiger partial charge in [-0.15, -0.1) is 0 Å².